The zero-order chi connectivity index (χ0) is 12.1. The fraction of sp³-hybridized carbons (Fsp3) is 0.0769. The van der Waals surface area contributed by atoms with E-state index in [1.165, 1.54) is 0 Å². The number of nitrogens with zero attached hydrogens (tertiary/aromatic N) is 1. The second kappa shape index (κ2) is 5.12. The van der Waals surface area contributed by atoms with E-state index in [9.17, 15) is 4.79 Å². The van der Waals surface area contributed by atoms with Crippen molar-refractivity contribution in [3.8, 4) is 11.1 Å². The van der Waals surface area contributed by atoms with Crippen LogP contribution < -0.4 is 5.32 Å². The number of anilines is 1. The quantitative estimate of drug-likeness (QED) is 0.842. The third kappa shape index (κ3) is 3.04. The van der Waals surface area contributed by atoms with Gasteiger partial charge in [-0.05, 0) is 11.6 Å². The molecule has 0 amide bonds. The van der Waals surface area contributed by atoms with Gasteiger partial charge < -0.3 is 10.4 Å². The highest BCUT2D eigenvalue weighted by Crippen LogP contribution is 2.20. The number of aromatic nitrogens is 1. The summed E-state index contributed by atoms with van der Waals surface area (Å²) < 4.78 is 0. The van der Waals surface area contributed by atoms with Crippen LogP contribution in [0, 0.1) is 0 Å². The molecule has 0 radical (unpaired) electrons. The molecule has 0 saturated heterocycles. The van der Waals surface area contributed by atoms with Gasteiger partial charge in [0, 0.05) is 18.0 Å². The Morgan fingerprint density at radius 2 is 1.94 bits per heavy atom. The number of carbonyl (C=O) groups is 1. The van der Waals surface area contributed by atoms with E-state index in [2.05, 4.69) is 10.3 Å². The van der Waals surface area contributed by atoms with Gasteiger partial charge in [0.15, 0.2) is 0 Å². The molecule has 0 bridgehead atoms. The average molecular weight is 228 g/mol. The van der Waals surface area contributed by atoms with Crippen LogP contribution in [0.3, 0.4) is 0 Å². The molecule has 0 saturated carbocycles. The van der Waals surface area contributed by atoms with Crippen molar-refractivity contribution in [2.45, 2.75) is 0 Å². The second-order valence-corrected chi connectivity index (χ2v) is 3.58. The summed E-state index contributed by atoms with van der Waals surface area (Å²) in [6.07, 6.45) is 3.36. The van der Waals surface area contributed by atoms with Crippen LogP contribution in [-0.4, -0.2) is 22.6 Å². The van der Waals surface area contributed by atoms with Gasteiger partial charge in [-0.3, -0.25) is 9.78 Å². The first-order chi connectivity index (χ1) is 8.25. The minimum atomic E-state index is -0.893. The Morgan fingerprint density at radius 1 is 1.18 bits per heavy atom. The Hall–Kier alpha value is -2.36. The van der Waals surface area contributed by atoms with Gasteiger partial charge in [-0.25, -0.2) is 0 Å². The number of hydrogen-bond donors (Lipinski definition) is 2. The summed E-state index contributed by atoms with van der Waals surface area (Å²) >= 11 is 0. The molecular weight excluding hydrogens is 216 g/mol. The number of hydrogen-bond acceptors (Lipinski definition) is 3. The van der Waals surface area contributed by atoms with Crippen LogP contribution in [0.25, 0.3) is 11.1 Å². The molecule has 4 heteroatoms. The molecule has 2 aromatic rings. The second-order valence-electron chi connectivity index (χ2n) is 3.58. The van der Waals surface area contributed by atoms with Crippen molar-refractivity contribution in [2.75, 3.05) is 11.9 Å². The maximum atomic E-state index is 10.4. The lowest BCUT2D eigenvalue weighted by molar-refractivity contribution is -0.134. The molecule has 1 heterocycles. The number of nitrogens with one attached hydrogen (secondary N) is 1. The van der Waals surface area contributed by atoms with Gasteiger partial charge in [-0.15, -0.1) is 0 Å². The number of aliphatic carboxylic acids is 1. The molecule has 0 unspecified atom stereocenters. The van der Waals surface area contributed by atoms with E-state index in [-0.39, 0.29) is 6.54 Å². The molecule has 2 N–H and O–H groups in total. The van der Waals surface area contributed by atoms with E-state index in [1.54, 1.807) is 12.4 Å². The van der Waals surface area contributed by atoms with Crippen LogP contribution in [0.2, 0.25) is 0 Å². The third-order valence-corrected chi connectivity index (χ3v) is 2.29. The number of carboxylic acids is 1. The van der Waals surface area contributed by atoms with Crippen molar-refractivity contribution in [3.63, 3.8) is 0 Å². The average Bonchev–Trinajstić information content (AvgIpc) is 2.38. The van der Waals surface area contributed by atoms with E-state index in [1.807, 2.05) is 36.4 Å². The van der Waals surface area contributed by atoms with E-state index in [4.69, 9.17) is 5.11 Å². The van der Waals surface area contributed by atoms with Crippen LogP contribution in [0.4, 0.5) is 5.69 Å². The highest BCUT2D eigenvalue weighted by atomic mass is 16.4. The minimum absolute atomic E-state index is 0.111. The molecule has 86 valence electrons. The Morgan fingerprint density at radius 3 is 2.65 bits per heavy atom. The summed E-state index contributed by atoms with van der Waals surface area (Å²) in [6, 6.07) is 11.7. The largest absolute Gasteiger partial charge is 0.480 e. The summed E-state index contributed by atoms with van der Waals surface area (Å²) in [5.74, 6) is -0.893. The molecular formula is C13H12N2O2. The van der Waals surface area contributed by atoms with Crippen molar-refractivity contribution in [1.29, 1.82) is 0 Å². The first kappa shape index (κ1) is 11.1. The van der Waals surface area contributed by atoms with Crippen LogP contribution in [-0.2, 0) is 4.79 Å². The predicted molar refractivity (Wildman–Crippen MR) is 65.8 cm³/mol. The highest BCUT2D eigenvalue weighted by molar-refractivity contribution is 5.74. The lowest BCUT2D eigenvalue weighted by Crippen LogP contribution is -2.12. The van der Waals surface area contributed by atoms with E-state index in [0.29, 0.717) is 5.69 Å². The zero-order valence-electron chi connectivity index (χ0n) is 9.13. The molecule has 1 aromatic carbocycles. The summed E-state index contributed by atoms with van der Waals surface area (Å²) in [4.78, 5) is 14.5. The monoisotopic (exact) mass is 228 g/mol. The van der Waals surface area contributed by atoms with Crippen LogP contribution in [0.1, 0.15) is 0 Å². The van der Waals surface area contributed by atoms with E-state index >= 15 is 0 Å². The van der Waals surface area contributed by atoms with E-state index in [0.717, 1.165) is 11.1 Å². The first-order valence-electron chi connectivity index (χ1n) is 5.22. The van der Waals surface area contributed by atoms with Gasteiger partial charge in [0.1, 0.15) is 6.54 Å². The maximum Gasteiger partial charge on any atom is 0.322 e. The molecule has 0 aliphatic heterocycles. The molecule has 0 aliphatic rings. The minimum Gasteiger partial charge on any atom is -0.480 e. The van der Waals surface area contributed by atoms with Gasteiger partial charge >= 0.3 is 5.97 Å². The Balaban J connectivity index is 2.20. The van der Waals surface area contributed by atoms with Crippen LogP contribution >= 0.6 is 0 Å². The Bertz CT molecular complexity index is 512. The SMILES string of the molecule is O=C(O)CNc1cncc(-c2ccccc2)c1. The van der Waals surface area contributed by atoms with Crippen molar-refractivity contribution in [2.24, 2.45) is 0 Å². The molecule has 1 aromatic heterocycles. The van der Waals surface area contributed by atoms with Crippen molar-refractivity contribution in [3.05, 3.63) is 48.8 Å². The first-order valence-corrected chi connectivity index (χ1v) is 5.22. The van der Waals surface area contributed by atoms with Crippen molar-refractivity contribution >= 4 is 11.7 Å². The van der Waals surface area contributed by atoms with E-state index < -0.39 is 5.97 Å². The van der Waals surface area contributed by atoms with Gasteiger partial charge in [0.25, 0.3) is 0 Å². The standard InChI is InChI=1S/C13H12N2O2/c16-13(17)9-15-12-6-11(7-14-8-12)10-4-2-1-3-5-10/h1-8,15H,9H2,(H,16,17). The molecule has 0 atom stereocenters. The zero-order valence-corrected chi connectivity index (χ0v) is 9.13. The molecule has 0 fully saturated rings. The van der Waals surface area contributed by atoms with Gasteiger partial charge in [-0.2, -0.15) is 0 Å². The molecule has 17 heavy (non-hydrogen) atoms. The number of rotatable bonds is 4. The number of pyridine rings is 1. The van der Waals surface area contributed by atoms with Crippen LogP contribution in [0.5, 0.6) is 0 Å². The third-order valence-electron chi connectivity index (χ3n) is 2.29. The maximum absolute atomic E-state index is 10.4. The Kier molecular flexibility index (Phi) is 3.35. The summed E-state index contributed by atoms with van der Waals surface area (Å²) in [5, 5.41) is 11.4. The van der Waals surface area contributed by atoms with Crippen LogP contribution in [0.15, 0.2) is 48.8 Å². The predicted octanol–water partition coefficient (Wildman–Crippen LogP) is 2.25. The summed E-state index contributed by atoms with van der Waals surface area (Å²) in [6.45, 7) is -0.111. The smallest absolute Gasteiger partial charge is 0.322 e. The molecule has 2 rings (SSSR count). The van der Waals surface area contributed by atoms with Crippen molar-refractivity contribution in [1.82, 2.24) is 4.98 Å². The topological polar surface area (TPSA) is 62.2 Å². The Labute approximate surface area is 98.9 Å². The summed E-state index contributed by atoms with van der Waals surface area (Å²) in [5.41, 5.74) is 2.72. The van der Waals surface area contributed by atoms with Gasteiger partial charge in [-0.1, -0.05) is 30.3 Å². The fourth-order valence-electron chi connectivity index (χ4n) is 1.50. The fourth-order valence-corrected chi connectivity index (χ4v) is 1.50. The van der Waals surface area contributed by atoms with Gasteiger partial charge in [0.2, 0.25) is 0 Å². The van der Waals surface area contributed by atoms with Gasteiger partial charge in [0.05, 0.1) is 5.69 Å². The summed E-state index contributed by atoms with van der Waals surface area (Å²) in [7, 11) is 0. The number of benzene rings is 1. The lowest BCUT2D eigenvalue weighted by atomic mass is 10.1. The number of carboxylic acid groups (broad SMARTS) is 1. The normalized spacial score (nSPS) is 9.88. The highest BCUT2D eigenvalue weighted by Gasteiger charge is 2.01. The van der Waals surface area contributed by atoms with Crippen molar-refractivity contribution < 1.29 is 9.90 Å². The lowest BCUT2D eigenvalue weighted by Gasteiger charge is -2.05. The molecule has 4 nitrogen and oxygen atoms in total. The molecule has 0 aliphatic carbocycles. The molecule has 0 spiro atoms.